The van der Waals surface area contributed by atoms with Crippen molar-refractivity contribution < 1.29 is 18.7 Å². The molecule has 0 spiro atoms. The highest BCUT2D eigenvalue weighted by molar-refractivity contribution is 5.83. The summed E-state index contributed by atoms with van der Waals surface area (Å²) in [5.41, 5.74) is 0.828. The number of fused-ring (bicyclic) bond motifs is 1. The minimum absolute atomic E-state index is 0.000135. The lowest BCUT2D eigenvalue weighted by Gasteiger charge is -2.36. The Balaban J connectivity index is 1.23. The van der Waals surface area contributed by atoms with Gasteiger partial charge in [0.2, 0.25) is 23.6 Å². The zero-order chi connectivity index (χ0) is 21.4. The Bertz CT molecular complexity index is 955. The van der Waals surface area contributed by atoms with Gasteiger partial charge >= 0.3 is 0 Å². The topological polar surface area (TPSA) is 110 Å². The Hall–Kier alpha value is -2.94. The van der Waals surface area contributed by atoms with E-state index in [0.717, 1.165) is 24.2 Å². The van der Waals surface area contributed by atoms with E-state index < -0.39 is 0 Å². The maximum Gasteiger partial charge on any atom is 0.247 e. The molecule has 9 nitrogen and oxygen atoms in total. The van der Waals surface area contributed by atoms with Crippen LogP contribution in [0.2, 0.25) is 0 Å². The normalized spacial score (nSPS) is 25.7. The van der Waals surface area contributed by atoms with Crippen molar-refractivity contribution in [3.63, 3.8) is 0 Å². The smallest absolute Gasteiger partial charge is 0.247 e. The maximum absolute atomic E-state index is 12.4. The molecule has 1 aliphatic carbocycles. The standard InChI is InChI=1S/C22H27N5O4/c1-30-17-6-4-14(5-7-17)22-26-25-20(31-22)10-16-11-23-21(29)18-9-15(12-27(16)18)24-19(28)8-13-2-3-13/h4-7,13,15-16,18H,2-3,8-12H2,1H3,(H,23,29)(H,24,28)/t15-,16+,18-/m0/s1. The highest BCUT2D eigenvalue weighted by Gasteiger charge is 2.44. The monoisotopic (exact) mass is 425 g/mol. The maximum atomic E-state index is 12.4. The predicted octanol–water partition coefficient (Wildman–Crippen LogP) is 1.15. The van der Waals surface area contributed by atoms with E-state index in [1.807, 2.05) is 24.3 Å². The molecule has 1 aromatic heterocycles. The molecule has 164 valence electrons. The summed E-state index contributed by atoms with van der Waals surface area (Å²) in [4.78, 5) is 26.8. The average Bonchev–Trinajstić information content (AvgIpc) is 3.28. The number of aromatic nitrogens is 2. The third-order valence-electron chi connectivity index (χ3n) is 6.37. The fourth-order valence-corrected chi connectivity index (χ4v) is 4.53. The van der Waals surface area contributed by atoms with E-state index in [9.17, 15) is 9.59 Å². The van der Waals surface area contributed by atoms with Crippen molar-refractivity contribution in [3.05, 3.63) is 30.2 Å². The Morgan fingerprint density at radius 3 is 2.84 bits per heavy atom. The van der Waals surface area contributed by atoms with Crippen molar-refractivity contribution in [2.75, 3.05) is 20.2 Å². The van der Waals surface area contributed by atoms with Gasteiger partial charge in [0.05, 0.1) is 13.2 Å². The first-order valence-corrected chi connectivity index (χ1v) is 10.9. The van der Waals surface area contributed by atoms with Crippen LogP contribution in [-0.2, 0) is 16.0 Å². The van der Waals surface area contributed by atoms with Gasteiger partial charge in [0.15, 0.2) is 0 Å². The fraction of sp³-hybridized carbons (Fsp3) is 0.545. The van der Waals surface area contributed by atoms with E-state index in [1.165, 1.54) is 0 Å². The second-order valence-corrected chi connectivity index (χ2v) is 8.69. The first-order chi connectivity index (χ1) is 15.1. The lowest BCUT2D eigenvalue weighted by atomic mass is 10.1. The molecule has 0 unspecified atom stereocenters. The summed E-state index contributed by atoms with van der Waals surface area (Å²) >= 11 is 0. The van der Waals surface area contributed by atoms with Crippen LogP contribution in [0.5, 0.6) is 5.75 Å². The molecular weight excluding hydrogens is 398 g/mol. The quantitative estimate of drug-likeness (QED) is 0.685. The minimum Gasteiger partial charge on any atom is -0.497 e. The Labute approximate surface area is 180 Å². The molecule has 3 fully saturated rings. The summed E-state index contributed by atoms with van der Waals surface area (Å²) < 4.78 is 11.1. The number of carbonyl (C=O) groups is 2. The summed E-state index contributed by atoms with van der Waals surface area (Å²) in [5, 5.41) is 14.5. The number of amides is 2. The molecule has 0 radical (unpaired) electrons. The number of carbonyl (C=O) groups excluding carboxylic acids is 2. The van der Waals surface area contributed by atoms with Gasteiger partial charge in [0, 0.05) is 43.6 Å². The van der Waals surface area contributed by atoms with Gasteiger partial charge < -0.3 is 19.8 Å². The molecule has 2 amide bonds. The van der Waals surface area contributed by atoms with Gasteiger partial charge in [-0.25, -0.2) is 0 Å². The summed E-state index contributed by atoms with van der Waals surface area (Å²) in [5.74, 6) is 2.44. The number of rotatable bonds is 7. The van der Waals surface area contributed by atoms with Gasteiger partial charge in [0.25, 0.3) is 0 Å². The second-order valence-electron chi connectivity index (χ2n) is 8.69. The van der Waals surface area contributed by atoms with E-state index in [-0.39, 0.29) is 29.9 Å². The van der Waals surface area contributed by atoms with Crippen LogP contribution in [0.1, 0.15) is 31.6 Å². The Kier molecular flexibility index (Phi) is 5.35. The number of hydrogen-bond acceptors (Lipinski definition) is 7. The van der Waals surface area contributed by atoms with Gasteiger partial charge in [-0.3, -0.25) is 14.5 Å². The van der Waals surface area contributed by atoms with Gasteiger partial charge in [-0.1, -0.05) is 0 Å². The molecule has 2 aliphatic heterocycles. The minimum atomic E-state index is -0.228. The van der Waals surface area contributed by atoms with Gasteiger partial charge in [-0.2, -0.15) is 0 Å². The number of benzene rings is 1. The van der Waals surface area contributed by atoms with Crippen LogP contribution in [0, 0.1) is 5.92 Å². The predicted molar refractivity (Wildman–Crippen MR) is 111 cm³/mol. The van der Waals surface area contributed by atoms with Crippen LogP contribution in [0.3, 0.4) is 0 Å². The zero-order valence-corrected chi connectivity index (χ0v) is 17.5. The average molecular weight is 425 g/mol. The highest BCUT2D eigenvalue weighted by Crippen LogP contribution is 2.32. The molecule has 0 bridgehead atoms. The number of hydrogen-bond donors (Lipinski definition) is 2. The van der Waals surface area contributed by atoms with Crippen LogP contribution in [0.4, 0.5) is 0 Å². The second kappa shape index (κ2) is 8.30. The molecule has 2 aromatic rings. The SMILES string of the molecule is COc1ccc(-c2nnc(C[C@@H]3CNC(=O)[C@@H]4C[C@H](NC(=O)CC5CC5)CN34)o2)cc1. The largest absolute Gasteiger partial charge is 0.497 e. The first-order valence-electron chi connectivity index (χ1n) is 10.9. The zero-order valence-electron chi connectivity index (χ0n) is 17.5. The van der Waals surface area contributed by atoms with Crippen LogP contribution in [0.25, 0.3) is 11.5 Å². The van der Waals surface area contributed by atoms with E-state index in [2.05, 4.69) is 25.7 Å². The molecule has 3 heterocycles. The van der Waals surface area contributed by atoms with Crippen molar-refractivity contribution in [1.82, 2.24) is 25.7 Å². The van der Waals surface area contributed by atoms with Gasteiger partial charge in [-0.05, 0) is 49.4 Å². The van der Waals surface area contributed by atoms with E-state index in [1.54, 1.807) is 7.11 Å². The van der Waals surface area contributed by atoms with Gasteiger partial charge in [0.1, 0.15) is 5.75 Å². The lowest BCUT2D eigenvalue weighted by Crippen LogP contribution is -2.58. The summed E-state index contributed by atoms with van der Waals surface area (Å²) in [6.45, 7) is 1.19. The molecule has 5 rings (SSSR count). The molecule has 1 aromatic carbocycles. The Morgan fingerprint density at radius 2 is 2.10 bits per heavy atom. The van der Waals surface area contributed by atoms with E-state index >= 15 is 0 Å². The highest BCUT2D eigenvalue weighted by atomic mass is 16.5. The Morgan fingerprint density at radius 1 is 1.29 bits per heavy atom. The van der Waals surface area contributed by atoms with Crippen LogP contribution in [0.15, 0.2) is 28.7 Å². The third kappa shape index (κ3) is 4.41. The molecule has 9 heteroatoms. The number of piperazine rings is 1. The molecule has 1 saturated carbocycles. The molecule has 3 atom stereocenters. The summed E-state index contributed by atoms with van der Waals surface area (Å²) in [7, 11) is 1.62. The lowest BCUT2D eigenvalue weighted by molar-refractivity contribution is -0.129. The summed E-state index contributed by atoms with van der Waals surface area (Å²) in [6.07, 6.45) is 4.09. The van der Waals surface area contributed by atoms with Crippen molar-refractivity contribution in [2.24, 2.45) is 5.92 Å². The number of methoxy groups -OCH3 is 1. The number of nitrogens with one attached hydrogen (secondary N) is 2. The van der Waals surface area contributed by atoms with Gasteiger partial charge in [-0.15, -0.1) is 10.2 Å². The first kappa shape index (κ1) is 20.0. The van der Waals surface area contributed by atoms with Crippen molar-refractivity contribution in [1.29, 1.82) is 0 Å². The third-order valence-corrected chi connectivity index (χ3v) is 6.37. The molecule has 2 N–H and O–H groups in total. The fourth-order valence-electron chi connectivity index (χ4n) is 4.53. The van der Waals surface area contributed by atoms with Crippen LogP contribution >= 0.6 is 0 Å². The van der Waals surface area contributed by atoms with Crippen molar-refractivity contribution in [3.8, 4) is 17.2 Å². The van der Waals surface area contributed by atoms with Crippen LogP contribution < -0.4 is 15.4 Å². The van der Waals surface area contributed by atoms with E-state index in [0.29, 0.717) is 50.1 Å². The molecule has 2 saturated heterocycles. The molecule has 3 aliphatic rings. The van der Waals surface area contributed by atoms with Crippen LogP contribution in [-0.4, -0.2) is 65.2 Å². The molecular formula is C22H27N5O4. The number of ether oxygens (including phenoxy) is 1. The van der Waals surface area contributed by atoms with Crippen molar-refractivity contribution >= 4 is 11.8 Å². The van der Waals surface area contributed by atoms with E-state index in [4.69, 9.17) is 9.15 Å². The molecule has 31 heavy (non-hydrogen) atoms. The number of nitrogens with zero attached hydrogens (tertiary/aromatic N) is 3. The summed E-state index contributed by atoms with van der Waals surface area (Å²) in [6, 6.07) is 7.28. The van der Waals surface area contributed by atoms with Crippen molar-refractivity contribution in [2.45, 2.75) is 50.2 Å².